The number of halogens is 1. The monoisotopic (exact) mass is 445 g/mol. The molecule has 0 fully saturated rings. The highest BCUT2D eigenvalue weighted by molar-refractivity contribution is 7.21. The quantitative estimate of drug-likeness (QED) is 0.403. The highest BCUT2D eigenvalue weighted by Crippen LogP contribution is 2.45. The summed E-state index contributed by atoms with van der Waals surface area (Å²) in [5.41, 5.74) is 9.20. The molecule has 0 saturated carbocycles. The second kappa shape index (κ2) is 7.93. The Kier molecular flexibility index (Phi) is 5.07. The minimum Gasteiger partial charge on any atom is -0.480 e. The van der Waals surface area contributed by atoms with Crippen molar-refractivity contribution in [2.24, 2.45) is 5.73 Å². The maximum absolute atomic E-state index is 14.8. The van der Waals surface area contributed by atoms with E-state index in [9.17, 15) is 9.18 Å². The number of hydrogen-bond donors (Lipinski definition) is 2. The van der Waals surface area contributed by atoms with Crippen LogP contribution in [0.1, 0.15) is 23.2 Å². The van der Waals surface area contributed by atoms with Gasteiger partial charge in [0.25, 0.3) is 0 Å². The minimum absolute atomic E-state index is 0.249. The van der Waals surface area contributed by atoms with Crippen LogP contribution in [0.25, 0.3) is 20.9 Å². The molecule has 2 aromatic carbocycles. The van der Waals surface area contributed by atoms with Gasteiger partial charge in [-0.15, -0.1) is 0 Å². The maximum Gasteiger partial charge on any atom is 0.320 e. The molecule has 7 heteroatoms. The van der Waals surface area contributed by atoms with Gasteiger partial charge in [0.2, 0.25) is 0 Å². The average Bonchev–Trinajstić information content (AvgIpc) is 3.51. The van der Waals surface area contributed by atoms with Gasteiger partial charge in [-0.2, -0.15) is 0 Å². The van der Waals surface area contributed by atoms with Gasteiger partial charge in [0.05, 0.1) is 11.1 Å². The van der Waals surface area contributed by atoms with Crippen molar-refractivity contribution < 1.29 is 14.3 Å². The normalized spacial score (nSPS) is 15.1. The molecule has 32 heavy (non-hydrogen) atoms. The first-order chi connectivity index (χ1) is 15.5. The highest BCUT2D eigenvalue weighted by Gasteiger charge is 2.39. The van der Waals surface area contributed by atoms with Gasteiger partial charge in [0.1, 0.15) is 27.2 Å². The molecular formula is C25H20FN3O2S. The zero-order valence-electron chi connectivity index (χ0n) is 17.0. The van der Waals surface area contributed by atoms with E-state index in [-0.39, 0.29) is 11.8 Å². The van der Waals surface area contributed by atoms with Crippen molar-refractivity contribution in [3.05, 3.63) is 95.5 Å². The SMILES string of the molecule is N[C@@H](CCc1ccc(-c2nc3ccc(C4(c5ccccc5)C=C4)nc3s2)c(F)c1)C(=O)O. The molecule has 5 rings (SSSR count). The van der Waals surface area contributed by atoms with Gasteiger partial charge in [-0.05, 0) is 48.2 Å². The number of rotatable bonds is 7. The topological polar surface area (TPSA) is 89.1 Å². The minimum atomic E-state index is -1.06. The fourth-order valence-corrected chi connectivity index (χ4v) is 4.77. The van der Waals surface area contributed by atoms with Crippen molar-refractivity contribution >= 4 is 27.7 Å². The van der Waals surface area contributed by atoms with E-state index in [1.54, 1.807) is 12.1 Å². The molecule has 1 aliphatic carbocycles. The molecular weight excluding hydrogens is 425 g/mol. The first kappa shape index (κ1) is 20.5. The number of carboxylic acids is 1. The van der Waals surface area contributed by atoms with Crippen LogP contribution in [0.2, 0.25) is 0 Å². The molecule has 4 aromatic rings. The third kappa shape index (κ3) is 3.70. The average molecular weight is 446 g/mol. The second-order valence-electron chi connectivity index (χ2n) is 7.91. The molecule has 0 radical (unpaired) electrons. The molecule has 2 heterocycles. The standard InChI is InChI=1S/C25H20FN3O2S/c26-18-14-15(7-9-19(27)24(30)31)6-8-17(18)22-28-20-10-11-21(29-23(20)32-22)25(12-13-25)16-4-2-1-3-5-16/h1-6,8,10-14,19H,7,9,27H2,(H,30,31)/t19-/m0/s1. The highest BCUT2D eigenvalue weighted by atomic mass is 32.1. The van der Waals surface area contributed by atoms with Gasteiger partial charge in [0, 0.05) is 5.56 Å². The van der Waals surface area contributed by atoms with Crippen LogP contribution in [0.3, 0.4) is 0 Å². The largest absolute Gasteiger partial charge is 0.480 e. The number of aryl methyl sites for hydroxylation is 1. The summed E-state index contributed by atoms with van der Waals surface area (Å²) in [5.74, 6) is -1.45. The molecule has 1 aliphatic rings. The number of thiazole rings is 1. The molecule has 3 N–H and O–H groups in total. The number of nitrogens with two attached hydrogens (primary N) is 1. The molecule has 0 saturated heterocycles. The van der Waals surface area contributed by atoms with Crippen LogP contribution < -0.4 is 5.73 Å². The summed E-state index contributed by atoms with van der Waals surface area (Å²) in [4.78, 5) is 21.1. The molecule has 2 aromatic heterocycles. The van der Waals surface area contributed by atoms with Crippen LogP contribution in [0, 0.1) is 5.82 Å². The number of pyridine rings is 1. The van der Waals surface area contributed by atoms with Crippen LogP contribution in [-0.2, 0) is 16.6 Å². The van der Waals surface area contributed by atoms with Crippen LogP contribution >= 0.6 is 11.3 Å². The predicted molar refractivity (Wildman–Crippen MR) is 123 cm³/mol. The van der Waals surface area contributed by atoms with E-state index in [4.69, 9.17) is 15.8 Å². The lowest BCUT2D eigenvalue weighted by molar-refractivity contribution is -0.138. The van der Waals surface area contributed by atoms with Crippen molar-refractivity contribution in [1.29, 1.82) is 0 Å². The summed E-state index contributed by atoms with van der Waals surface area (Å²) < 4.78 is 14.8. The number of allylic oxidation sites excluding steroid dienone is 2. The lowest BCUT2D eigenvalue weighted by Gasteiger charge is -2.15. The third-order valence-electron chi connectivity index (χ3n) is 5.76. The van der Waals surface area contributed by atoms with Gasteiger partial charge in [0.15, 0.2) is 0 Å². The van der Waals surface area contributed by atoms with E-state index in [2.05, 4.69) is 29.3 Å². The number of hydrogen-bond acceptors (Lipinski definition) is 5. The maximum atomic E-state index is 14.8. The molecule has 0 unspecified atom stereocenters. The molecule has 160 valence electrons. The molecule has 0 bridgehead atoms. The third-order valence-corrected chi connectivity index (χ3v) is 6.75. The van der Waals surface area contributed by atoms with E-state index in [1.807, 2.05) is 30.3 Å². The first-order valence-corrected chi connectivity index (χ1v) is 11.1. The summed E-state index contributed by atoms with van der Waals surface area (Å²) in [6.07, 6.45) is 4.91. The Morgan fingerprint density at radius 1 is 1.09 bits per heavy atom. The molecule has 0 aliphatic heterocycles. The van der Waals surface area contributed by atoms with Gasteiger partial charge in [-0.3, -0.25) is 4.79 Å². The number of aromatic nitrogens is 2. The van der Waals surface area contributed by atoms with E-state index in [1.165, 1.54) is 23.0 Å². The van der Waals surface area contributed by atoms with E-state index >= 15 is 0 Å². The molecule has 0 amide bonds. The summed E-state index contributed by atoms with van der Waals surface area (Å²) in [5, 5.41) is 9.46. The zero-order valence-corrected chi connectivity index (χ0v) is 17.8. The molecule has 0 spiro atoms. The van der Waals surface area contributed by atoms with Crippen LogP contribution in [-0.4, -0.2) is 27.1 Å². The van der Waals surface area contributed by atoms with Gasteiger partial charge >= 0.3 is 5.97 Å². The number of nitrogens with zero attached hydrogens (tertiary/aromatic N) is 2. The van der Waals surface area contributed by atoms with Crippen LogP contribution in [0.4, 0.5) is 4.39 Å². The summed E-state index contributed by atoms with van der Waals surface area (Å²) in [6, 6.07) is 18.0. The van der Waals surface area contributed by atoms with Crippen molar-refractivity contribution in [1.82, 2.24) is 9.97 Å². The molecule has 1 atom stereocenters. The van der Waals surface area contributed by atoms with Crippen molar-refractivity contribution in [2.45, 2.75) is 24.3 Å². The fraction of sp³-hybridized carbons (Fsp3) is 0.160. The number of benzene rings is 2. The van der Waals surface area contributed by atoms with E-state index < -0.39 is 17.8 Å². The van der Waals surface area contributed by atoms with Crippen molar-refractivity contribution in [3.8, 4) is 10.6 Å². The fourth-order valence-electron chi connectivity index (χ4n) is 3.80. The Balaban J connectivity index is 1.42. The Morgan fingerprint density at radius 2 is 1.88 bits per heavy atom. The van der Waals surface area contributed by atoms with Gasteiger partial charge in [-0.1, -0.05) is 59.9 Å². The van der Waals surface area contributed by atoms with E-state index in [0.717, 1.165) is 16.0 Å². The lowest BCUT2D eigenvalue weighted by Crippen LogP contribution is -2.30. The zero-order chi connectivity index (χ0) is 22.3. The number of carbonyl (C=O) groups is 1. The summed E-state index contributed by atoms with van der Waals surface area (Å²) in [6.45, 7) is 0. The van der Waals surface area contributed by atoms with Crippen molar-refractivity contribution in [3.63, 3.8) is 0 Å². The smallest absolute Gasteiger partial charge is 0.320 e. The predicted octanol–water partition coefficient (Wildman–Crippen LogP) is 4.70. The Bertz CT molecular complexity index is 1340. The Hall–Kier alpha value is -3.42. The van der Waals surface area contributed by atoms with Crippen LogP contribution in [0.5, 0.6) is 0 Å². The first-order valence-electron chi connectivity index (χ1n) is 10.3. The molecule has 5 nitrogen and oxygen atoms in total. The van der Waals surface area contributed by atoms with Crippen LogP contribution in [0.15, 0.2) is 72.8 Å². The second-order valence-corrected chi connectivity index (χ2v) is 8.88. The number of aliphatic carboxylic acids is 1. The number of carboxylic acid groups (broad SMARTS) is 1. The Morgan fingerprint density at radius 3 is 2.56 bits per heavy atom. The lowest BCUT2D eigenvalue weighted by atomic mass is 9.89. The summed E-state index contributed by atoms with van der Waals surface area (Å²) in [7, 11) is 0. The summed E-state index contributed by atoms with van der Waals surface area (Å²) >= 11 is 1.36. The van der Waals surface area contributed by atoms with Gasteiger partial charge < -0.3 is 10.8 Å². The number of fused-ring (bicyclic) bond motifs is 1. The van der Waals surface area contributed by atoms with E-state index in [0.29, 0.717) is 22.6 Å². The van der Waals surface area contributed by atoms with Gasteiger partial charge in [-0.25, -0.2) is 14.4 Å². The van der Waals surface area contributed by atoms with Crippen molar-refractivity contribution in [2.75, 3.05) is 0 Å². The Labute approximate surface area is 188 Å².